The van der Waals surface area contributed by atoms with Gasteiger partial charge in [0.2, 0.25) is 0 Å². The summed E-state index contributed by atoms with van der Waals surface area (Å²) in [7, 11) is 1.54. The van der Waals surface area contributed by atoms with Crippen LogP contribution < -0.4 is 4.74 Å². The predicted molar refractivity (Wildman–Crippen MR) is 113 cm³/mol. The third kappa shape index (κ3) is 4.89. The van der Waals surface area contributed by atoms with Gasteiger partial charge in [-0.05, 0) is 61.0 Å². The molecular weight excluding hydrogens is 352 g/mol. The summed E-state index contributed by atoms with van der Waals surface area (Å²) in [5, 5.41) is 21.3. The molecule has 0 saturated heterocycles. The Kier molecular flexibility index (Phi) is 7.55. The van der Waals surface area contributed by atoms with Gasteiger partial charge in [-0.25, -0.2) is 0 Å². The number of ether oxygens (including phenoxy) is 1. The predicted octanol–water partition coefficient (Wildman–Crippen LogP) is 5.30. The Morgan fingerprint density at radius 3 is 2.64 bits per heavy atom. The van der Waals surface area contributed by atoms with Crippen molar-refractivity contribution in [1.29, 1.82) is 0 Å². The van der Waals surface area contributed by atoms with E-state index < -0.39 is 6.10 Å². The van der Waals surface area contributed by atoms with E-state index in [4.69, 9.17) is 4.74 Å². The van der Waals surface area contributed by atoms with Gasteiger partial charge in [-0.3, -0.25) is 4.79 Å². The Bertz CT molecular complexity index is 680. The molecule has 2 N–H and O–H groups in total. The van der Waals surface area contributed by atoms with Crippen molar-refractivity contribution in [2.75, 3.05) is 7.11 Å². The number of aromatic hydroxyl groups is 1. The van der Waals surface area contributed by atoms with Crippen molar-refractivity contribution < 1.29 is 19.7 Å². The van der Waals surface area contributed by atoms with Crippen molar-refractivity contribution >= 4 is 6.29 Å². The van der Waals surface area contributed by atoms with Crippen LogP contribution in [0.1, 0.15) is 81.3 Å². The molecule has 0 spiro atoms. The van der Waals surface area contributed by atoms with Gasteiger partial charge in [-0.2, -0.15) is 0 Å². The number of benzene rings is 1. The first-order valence-electron chi connectivity index (χ1n) is 10.6. The molecule has 0 amide bonds. The highest BCUT2D eigenvalue weighted by molar-refractivity contribution is 5.83. The molecule has 1 saturated carbocycles. The SMILES string of the molecule is COc1cc(C)c(C=O)c(O)c1CC(O)C(C)CCC1C(C)CCCC1(C)C. The fraction of sp³-hybridized carbons (Fsp3) is 0.708. The van der Waals surface area contributed by atoms with Crippen molar-refractivity contribution in [3.05, 3.63) is 22.8 Å². The van der Waals surface area contributed by atoms with E-state index in [1.54, 1.807) is 20.1 Å². The number of hydrogen-bond acceptors (Lipinski definition) is 4. The van der Waals surface area contributed by atoms with Crippen LogP contribution in [0.25, 0.3) is 0 Å². The Morgan fingerprint density at radius 1 is 1.39 bits per heavy atom. The normalized spacial score (nSPS) is 23.8. The first kappa shape index (κ1) is 22.7. The van der Waals surface area contributed by atoms with Crippen LogP contribution in [0.2, 0.25) is 0 Å². The van der Waals surface area contributed by atoms with Gasteiger partial charge in [0.05, 0.1) is 18.8 Å². The van der Waals surface area contributed by atoms with Gasteiger partial charge in [0.1, 0.15) is 11.5 Å². The minimum Gasteiger partial charge on any atom is -0.507 e. The maximum Gasteiger partial charge on any atom is 0.154 e. The van der Waals surface area contributed by atoms with Gasteiger partial charge in [-0.1, -0.05) is 40.5 Å². The molecule has 1 aliphatic rings. The molecule has 0 heterocycles. The number of phenolic OH excluding ortho intramolecular Hbond substituents is 1. The molecule has 1 fully saturated rings. The third-order valence-electron chi connectivity index (χ3n) is 7.12. The summed E-state index contributed by atoms with van der Waals surface area (Å²) < 4.78 is 5.40. The van der Waals surface area contributed by atoms with E-state index in [0.29, 0.717) is 34.5 Å². The van der Waals surface area contributed by atoms with E-state index >= 15 is 0 Å². The number of aliphatic hydroxyl groups excluding tert-OH is 1. The van der Waals surface area contributed by atoms with E-state index in [0.717, 1.165) is 18.8 Å². The number of carbonyl (C=O) groups excluding carboxylic acids is 1. The minimum absolute atomic E-state index is 0.0693. The maximum absolute atomic E-state index is 11.3. The highest BCUT2D eigenvalue weighted by Crippen LogP contribution is 2.46. The molecule has 0 aromatic heterocycles. The Labute approximate surface area is 170 Å². The van der Waals surface area contributed by atoms with Crippen LogP contribution >= 0.6 is 0 Å². The second-order valence-corrected chi connectivity index (χ2v) is 9.55. The fourth-order valence-electron chi connectivity index (χ4n) is 5.11. The molecule has 0 aliphatic heterocycles. The molecule has 1 aromatic carbocycles. The van der Waals surface area contributed by atoms with Crippen LogP contribution in [0.5, 0.6) is 11.5 Å². The lowest BCUT2D eigenvalue weighted by molar-refractivity contribution is 0.0551. The Hall–Kier alpha value is -1.55. The summed E-state index contributed by atoms with van der Waals surface area (Å²) in [4.78, 5) is 11.3. The molecule has 4 atom stereocenters. The first-order valence-corrected chi connectivity index (χ1v) is 10.6. The average molecular weight is 391 g/mol. The molecule has 1 aromatic rings. The zero-order valence-electron chi connectivity index (χ0n) is 18.4. The number of hydrogen-bond donors (Lipinski definition) is 2. The number of carbonyl (C=O) groups is 1. The molecule has 0 bridgehead atoms. The molecular formula is C24H38O4. The molecule has 28 heavy (non-hydrogen) atoms. The van der Waals surface area contributed by atoms with Gasteiger partial charge in [0.25, 0.3) is 0 Å². The smallest absolute Gasteiger partial charge is 0.154 e. The van der Waals surface area contributed by atoms with Crippen LogP contribution in [0.3, 0.4) is 0 Å². The van der Waals surface area contributed by atoms with Crippen molar-refractivity contribution in [3.8, 4) is 11.5 Å². The van der Waals surface area contributed by atoms with Crippen molar-refractivity contribution in [2.45, 2.75) is 79.2 Å². The number of phenols is 1. The second kappa shape index (κ2) is 9.30. The fourth-order valence-corrected chi connectivity index (χ4v) is 5.11. The number of aryl methyl sites for hydroxylation is 1. The first-order chi connectivity index (χ1) is 13.1. The summed E-state index contributed by atoms with van der Waals surface area (Å²) in [6.07, 6.45) is 6.31. The average Bonchev–Trinajstić information content (AvgIpc) is 2.62. The number of aliphatic hydroxyl groups is 1. The van der Waals surface area contributed by atoms with Crippen LogP contribution in [0, 0.1) is 30.1 Å². The third-order valence-corrected chi connectivity index (χ3v) is 7.12. The molecule has 4 heteroatoms. The van der Waals surface area contributed by atoms with E-state index in [1.165, 1.54) is 19.3 Å². The van der Waals surface area contributed by atoms with Crippen molar-refractivity contribution in [1.82, 2.24) is 0 Å². The van der Waals surface area contributed by atoms with Gasteiger partial charge >= 0.3 is 0 Å². The minimum atomic E-state index is -0.594. The van der Waals surface area contributed by atoms with Gasteiger partial charge in [-0.15, -0.1) is 0 Å². The van der Waals surface area contributed by atoms with E-state index in [2.05, 4.69) is 27.7 Å². The number of rotatable bonds is 8. The summed E-state index contributed by atoms with van der Waals surface area (Å²) in [5.41, 5.74) is 1.82. The Morgan fingerprint density at radius 2 is 2.07 bits per heavy atom. The summed E-state index contributed by atoms with van der Waals surface area (Å²) in [6.45, 7) is 11.0. The van der Waals surface area contributed by atoms with Crippen LogP contribution in [-0.4, -0.2) is 29.7 Å². The number of aldehydes is 1. The molecule has 158 valence electrons. The summed E-state index contributed by atoms with van der Waals surface area (Å²) in [5.74, 6) is 1.97. The van der Waals surface area contributed by atoms with Gasteiger partial charge in [0, 0.05) is 12.0 Å². The lowest BCUT2D eigenvalue weighted by atomic mass is 9.62. The van der Waals surface area contributed by atoms with Crippen molar-refractivity contribution in [2.24, 2.45) is 23.2 Å². The Balaban J connectivity index is 2.08. The van der Waals surface area contributed by atoms with Crippen LogP contribution in [0.4, 0.5) is 0 Å². The lowest BCUT2D eigenvalue weighted by Gasteiger charge is -2.43. The van der Waals surface area contributed by atoms with Gasteiger partial charge in [0.15, 0.2) is 6.29 Å². The standard InChI is InChI=1S/C24H38O4/c1-15-8-7-11-24(4,5)20(15)10-9-16(2)21(26)13-18-22(28-6)12-17(3)19(14-25)23(18)27/h12,14-16,20-21,26-27H,7-11,13H2,1-6H3. The summed E-state index contributed by atoms with van der Waals surface area (Å²) >= 11 is 0. The zero-order chi connectivity index (χ0) is 21.1. The van der Waals surface area contributed by atoms with Gasteiger partial charge < -0.3 is 14.9 Å². The lowest BCUT2D eigenvalue weighted by Crippen LogP contribution is -2.34. The highest BCUT2D eigenvalue weighted by atomic mass is 16.5. The highest BCUT2D eigenvalue weighted by Gasteiger charge is 2.36. The molecule has 0 radical (unpaired) electrons. The largest absolute Gasteiger partial charge is 0.507 e. The van der Waals surface area contributed by atoms with E-state index in [1.807, 2.05) is 0 Å². The quantitative estimate of drug-likeness (QED) is 0.591. The zero-order valence-corrected chi connectivity index (χ0v) is 18.4. The van der Waals surface area contributed by atoms with E-state index in [-0.39, 0.29) is 23.7 Å². The maximum atomic E-state index is 11.3. The van der Waals surface area contributed by atoms with Crippen LogP contribution in [-0.2, 0) is 6.42 Å². The monoisotopic (exact) mass is 390 g/mol. The van der Waals surface area contributed by atoms with Crippen LogP contribution in [0.15, 0.2) is 6.07 Å². The second-order valence-electron chi connectivity index (χ2n) is 9.55. The summed E-state index contributed by atoms with van der Waals surface area (Å²) in [6, 6.07) is 1.75. The molecule has 4 nitrogen and oxygen atoms in total. The molecule has 4 unspecified atom stereocenters. The molecule has 1 aliphatic carbocycles. The topological polar surface area (TPSA) is 66.8 Å². The van der Waals surface area contributed by atoms with Crippen molar-refractivity contribution in [3.63, 3.8) is 0 Å². The molecule has 2 rings (SSSR count). The number of methoxy groups -OCH3 is 1. The van der Waals surface area contributed by atoms with E-state index in [9.17, 15) is 15.0 Å².